The summed E-state index contributed by atoms with van der Waals surface area (Å²) in [6.45, 7) is 3.03. The van der Waals surface area contributed by atoms with Crippen molar-refractivity contribution in [1.29, 1.82) is 0 Å². The van der Waals surface area contributed by atoms with E-state index in [1.165, 1.54) is 29.0 Å². The third-order valence-electron chi connectivity index (χ3n) is 3.15. The molecule has 1 aromatic heterocycles. The van der Waals surface area contributed by atoms with E-state index in [0.29, 0.717) is 0 Å². The Morgan fingerprint density at radius 2 is 2.28 bits per heavy atom. The summed E-state index contributed by atoms with van der Waals surface area (Å²) in [5.41, 5.74) is 3.58. The molecule has 0 bridgehead atoms. The molecule has 2 aromatic rings. The van der Waals surface area contributed by atoms with Crippen molar-refractivity contribution >= 4 is 27.3 Å². The summed E-state index contributed by atoms with van der Waals surface area (Å²) < 4.78 is 1.11. The molecule has 1 aromatic carbocycles. The van der Waals surface area contributed by atoms with Gasteiger partial charge in [-0.25, -0.2) is 4.98 Å². The average molecular weight is 323 g/mol. The number of nitrogens with zero attached hydrogens (tertiary/aromatic N) is 1. The Hall–Kier alpha value is -0.710. The summed E-state index contributed by atoms with van der Waals surface area (Å²) in [4.78, 5) is 4.72. The molecular formula is C14H15BrN2S. The van der Waals surface area contributed by atoms with Crippen LogP contribution in [0, 0.1) is 6.92 Å². The molecule has 1 fully saturated rings. The van der Waals surface area contributed by atoms with Crippen LogP contribution in [-0.2, 0) is 6.54 Å². The number of hydrogen-bond donors (Lipinski definition) is 1. The SMILES string of the molecule is Cc1ccc(Br)cc1-c1csc(CNC2CC2)n1. The number of thiazole rings is 1. The molecule has 0 unspecified atom stereocenters. The third kappa shape index (κ3) is 2.82. The van der Waals surface area contributed by atoms with Gasteiger partial charge in [0, 0.05) is 28.0 Å². The Balaban J connectivity index is 1.80. The van der Waals surface area contributed by atoms with E-state index in [2.05, 4.69) is 51.7 Å². The summed E-state index contributed by atoms with van der Waals surface area (Å²) in [5.74, 6) is 0. The van der Waals surface area contributed by atoms with Crippen LogP contribution < -0.4 is 5.32 Å². The van der Waals surface area contributed by atoms with E-state index < -0.39 is 0 Å². The highest BCUT2D eigenvalue weighted by molar-refractivity contribution is 9.10. The van der Waals surface area contributed by atoms with E-state index >= 15 is 0 Å². The first-order valence-electron chi connectivity index (χ1n) is 6.17. The maximum absolute atomic E-state index is 4.72. The second kappa shape index (κ2) is 5.11. The molecule has 0 aliphatic heterocycles. The summed E-state index contributed by atoms with van der Waals surface area (Å²) in [7, 11) is 0. The standard InChI is InChI=1S/C14H15BrN2S/c1-9-2-3-10(15)6-12(9)13-8-18-14(17-13)7-16-11-4-5-11/h2-3,6,8,11,16H,4-5,7H2,1H3. The quantitative estimate of drug-likeness (QED) is 0.915. The molecule has 1 saturated carbocycles. The molecule has 1 aliphatic rings. The predicted octanol–water partition coefficient (Wildman–Crippen LogP) is 4.13. The Morgan fingerprint density at radius 1 is 1.44 bits per heavy atom. The van der Waals surface area contributed by atoms with Gasteiger partial charge in [-0.1, -0.05) is 22.0 Å². The zero-order chi connectivity index (χ0) is 12.5. The minimum Gasteiger partial charge on any atom is -0.308 e. The lowest BCUT2D eigenvalue weighted by Crippen LogP contribution is -2.14. The molecule has 18 heavy (non-hydrogen) atoms. The van der Waals surface area contributed by atoms with Crippen LogP contribution in [-0.4, -0.2) is 11.0 Å². The molecule has 94 valence electrons. The first-order valence-corrected chi connectivity index (χ1v) is 7.84. The van der Waals surface area contributed by atoms with Crippen molar-refractivity contribution in [2.24, 2.45) is 0 Å². The van der Waals surface area contributed by atoms with Crippen molar-refractivity contribution in [3.05, 3.63) is 38.6 Å². The fourth-order valence-corrected chi connectivity index (χ4v) is 3.01. The maximum Gasteiger partial charge on any atom is 0.107 e. The number of aryl methyl sites for hydroxylation is 1. The van der Waals surface area contributed by atoms with E-state index in [-0.39, 0.29) is 0 Å². The summed E-state index contributed by atoms with van der Waals surface area (Å²) in [6, 6.07) is 7.08. The van der Waals surface area contributed by atoms with Crippen molar-refractivity contribution in [3.8, 4) is 11.3 Å². The van der Waals surface area contributed by atoms with Gasteiger partial charge in [0.15, 0.2) is 0 Å². The normalized spacial score (nSPS) is 15.0. The van der Waals surface area contributed by atoms with E-state index in [4.69, 9.17) is 4.98 Å². The fraction of sp³-hybridized carbons (Fsp3) is 0.357. The van der Waals surface area contributed by atoms with Crippen LogP contribution in [0.5, 0.6) is 0 Å². The predicted molar refractivity (Wildman–Crippen MR) is 79.8 cm³/mol. The average Bonchev–Trinajstić information content (AvgIpc) is 3.08. The second-order valence-corrected chi connectivity index (χ2v) is 6.60. The molecule has 1 aliphatic carbocycles. The molecule has 0 atom stereocenters. The summed E-state index contributed by atoms with van der Waals surface area (Å²) in [5, 5.41) is 6.83. The van der Waals surface area contributed by atoms with Gasteiger partial charge in [0.25, 0.3) is 0 Å². The molecule has 1 heterocycles. The van der Waals surface area contributed by atoms with Crippen LogP contribution in [0.4, 0.5) is 0 Å². The molecular weight excluding hydrogens is 308 g/mol. The van der Waals surface area contributed by atoms with Crippen molar-refractivity contribution in [2.45, 2.75) is 32.4 Å². The van der Waals surface area contributed by atoms with Crippen LogP contribution in [0.3, 0.4) is 0 Å². The summed E-state index contributed by atoms with van der Waals surface area (Å²) in [6.07, 6.45) is 2.64. The van der Waals surface area contributed by atoms with Crippen LogP contribution in [0.15, 0.2) is 28.1 Å². The Kier molecular flexibility index (Phi) is 3.50. The van der Waals surface area contributed by atoms with Gasteiger partial charge in [0.05, 0.1) is 5.69 Å². The van der Waals surface area contributed by atoms with Crippen LogP contribution >= 0.6 is 27.3 Å². The zero-order valence-electron chi connectivity index (χ0n) is 10.2. The number of benzene rings is 1. The van der Waals surface area contributed by atoms with Crippen molar-refractivity contribution in [2.75, 3.05) is 0 Å². The first kappa shape index (κ1) is 12.3. The highest BCUT2D eigenvalue weighted by atomic mass is 79.9. The monoisotopic (exact) mass is 322 g/mol. The van der Waals surface area contributed by atoms with Gasteiger partial charge in [0.1, 0.15) is 5.01 Å². The fourth-order valence-electron chi connectivity index (χ4n) is 1.91. The maximum atomic E-state index is 4.72. The van der Waals surface area contributed by atoms with Crippen LogP contribution in [0.25, 0.3) is 11.3 Å². The lowest BCUT2D eigenvalue weighted by atomic mass is 10.1. The molecule has 0 saturated heterocycles. The zero-order valence-corrected chi connectivity index (χ0v) is 12.6. The molecule has 4 heteroatoms. The Morgan fingerprint density at radius 3 is 3.06 bits per heavy atom. The minimum atomic E-state index is 0.741. The molecule has 3 rings (SSSR count). The van der Waals surface area contributed by atoms with Gasteiger partial charge in [-0.2, -0.15) is 0 Å². The Bertz CT molecular complexity index is 561. The smallest absolute Gasteiger partial charge is 0.107 e. The van der Waals surface area contributed by atoms with Gasteiger partial charge in [-0.3, -0.25) is 0 Å². The number of hydrogen-bond acceptors (Lipinski definition) is 3. The van der Waals surface area contributed by atoms with Gasteiger partial charge in [-0.15, -0.1) is 11.3 Å². The third-order valence-corrected chi connectivity index (χ3v) is 4.49. The van der Waals surface area contributed by atoms with Crippen molar-refractivity contribution in [3.63, 3.8) is 0 Å². The number of nitrogens with one attached hydrogen (secondary N) is 1. The molecule has 0 radical (unpaired) electrons. The molecule has 0 amide bonds. The topological polar surface area (TPSA) is 24.9 Å². The van der Waals surface area contributed by atoms with E-state index in [1.54, 1.807) is 11.3 Å². The van der Waals surface area contributed by atoms with E-state index in [9.17, 15) is 0 Å². The van der Waals surface area contributed by atoms with Gasteiger partial charge < -0.3 is 5.32 Å². The van der Waals surface area contributed by atoms with Crippen molar-refractivity contribution < 1.29 is 0 Å². The van der Waals surface area contributed by atoms with Crippen LogP contribution in [0.2, 0.25) is 0 Å². The lowest BCUT2D eigenvalue weighted by molar-refractivity contribution is 0.685. The van der Waals surface area contributed by atoms with E-state index in [1.807, 2.05) is 0 Å². The number of rotatable bonds is 4. The first-order chi connectivity index (χ1) is 8.72. The molecule has 0 spiro atoms. The highest BCUT2D eigenvalue weighted by Crippen LogP contribution is 2.28. The summed E-state index contributed by atoms with van der Waals surface area (Å²) >= 11 is 5.26. The second-order valence-electron chi connectivity index (χ2n) is 4.74. The van der Waals surface area contributed by atoms with Gasteiger partial charge >= 0.3 is 0 Å². The van der Waals surface area contributed by atoms with Gasteiger partial charge in [-0.05, 0) is 37.5 Å². The van der Waals surface area contributed by atoms with Crippen LogP contribution in [0.1, 0.15) is 23.4 Å². The minimum absolute atomic E-state index is 0.741. The largest absolute Gasteiger partial charge is 0.308 e. The Labute approximate surface area is 120 Å². The lowest BCUT2D eigenvalue weighted by Gasteiger charge is -2.03. The van der Waals surface area contributed by atoms with E-state index in [0.717, 1.165) is 22.8 Å². The van der Waals surface area contributed by atoms with Gasteiger partial charge in [0.2, 0.25) is 0 Å². The molecule has 1 N–H and O–H groups in total. The number of halogens is 1. The highest BCUT2D eigenvalue weighted by Gasteiger charge is 2.20. The van der Waals surface area contributed by atoms with Crippen molar-refractivity contribution in [1.82, 2.24) is 10.3 Å². The molecule has 2 nitrogen and oxygen atoms in total. The number of aromatic nitrogens is 1.